The van der Waals surface area contributed by atoms with E-state index in [1.54, 1.807) is 11.0 Å². The fourth-order valence-electron chi connectivity index (χ4n) is 1.49. The second-order valence-corrected chi connectivity index (χ2v) is 4.33. The molecule has 2 heteroatoms. The van der Waals surface area contributed by atoms with Crippen LogP contribution in [0.2, 0.25) is 0 Å². The minimum Gasteiger partial charge on any atom is -0.282 e. The van der Waals surface area contributed by atoms with Crippen LogP contribution >= 0.6 is 0 Å². The molecule has 17 heavy (non-hydrogen) atoms. The molecular formula is C15H19NO. The van der Waals surface area contributed by atoms with Gasteiger partial charge < -0.3 is 0 Å². The van der Waals surface area contributed by atoms with Crippen molar-refractivity contribution in [3.63, 3.8) is 0 Å². The lowest BCUT2D eigenvalue weighted by Crippen LogP contribution is -2.28. The Hall–Kier alpha value is -1.83. The minimum absolute atomic E-state index is 0.0799. The third-order valence-electron chi connectivity index (χ3n) is 2.33. The van der Waals surface area contributed by atoms with Crippen LogP contribution in [0.25, 0.3) is 0 Å². The number of carbonyl (C=O) groups is 1. The zero-order chi connectivity index (χ0) is 12.8. The first kappa shape index (κ1) is 13.2. The SMILES string of the molecule is C=C(/C=C\C=C\C(C)C)N1C(=C)CC=CC1=O. The van der Waals surface area contributed by atoms with Crippen LogP contribution < -0.4 is 0 Å². The highest BCUT2D eigenvalue weighted by molar-refractivity contribution is 5.91. The predicted octanol–water partition coefficient (Wildman–Crippen LogP) is 3.57. The molecule has 90 valence electrons. The Morgan fingerprint density at radius 3 is 2.76 bits per heavy atom. The Kier molecular flexibility index (Phi) is 4.70. The van der Waals surface area contributed by atoms with E-state index >= 15 is 0 Å². The molecule has 0 radical (unpaired) electrons. The van der Waals surface area contributed by atoms with Crippen molar-refractivity contribution >= 4 is 5.91 Å². The number of hydrogen-bond donors (Lipinski definition) is 0. The van der Waals surface area contributed by atoms with Crippen LogP contribution in [0.15, 0.2) is 61.0 Å². The largest absolute Gasteiger partial charge is 0.282 e. The lowest BCUT2D eigenvalue weighted by molar-refractivity contribution is -0.122. The maximum absolute atomic E-state index is 11.7. The molecule has 1 aliphatic heterocycles. The number of nitrogens with zero attached hydrogens (tertiary/aromatic N) is 1. The van der Waals surface area contributed by atoms with Crippen LogP contribution in [0.1, 0.15) is 20.3 Å². The van der Waals surface area contributed by atoms with Gasteiger partial charge in [-0.05, 0) is 12.0 Å². The van der Waals surface area contributed by atoms with E-state index in [4.69, 9.17) is 0 Å². The zero-order valence-electron chi connectivity index (χ0n) is 10.5. The van der Waals surface area contributed by atoms with Crippen molar-refractivity contribution in [3.8, 4) is 0 Å². The van der Waals surface area contributed by atoms with Gasteiger partial charge in [-0.1, -0.05) is 51.3 Å². The van der Waals surface area contributed by atoms with Crippen molar-refractivity contribution in [3.05, 3.63) is 61.0 Å². The molecule has 2 nitrogen and oxygen atoms in total. The van der Waals surface area contributed by atoms with Crippen LogP contribution in [-0.2, 0) is 4.79 Å². The molecule has 1 rings (SSSR count). The summed E-state index contributed by atoms with van der Waals surface area (Å²) in [6, 6.07) is 0. The summed E-state index contributed by atoms with van der Waals surface area (Å²) in [5.41, 5.74) is 1.41. The Balaban J connectivity index is 2.67. The molecule has 0 atom stereocenters. The van der Waals surface area contributed by atoms with E-state index in [0.717, 1.165) is 5.70 Å². The topological polar surface area (TPSA) is 20.3 Å². The second-order valence-electron chi connectivity index (χ2n) is 4.33. The second kappa shape index (κ2) is 6.04. The molecule has 1 amide bonds. The fourth-order valence-corrected chi connectivity index (χ4v) is 1.49. The van der Waals surface area contributed by atoms with Crippen molar-refractivity contribution in [1.82, 2.24) is 4.90 Å². The van der Waals surface area contributed by atoms with Crippen LogP contribution in [0.4, 0.5) is 0 Å². The summed E-state index contributed by atoms with van der Waals surface area (Å²) in [5, 5.41) is 0. The summed E-state index contributed by atoms with van der Waals surface area (Å²) in [6.07, 6.45) is 11.8. The number of allylic oxidation sites excluding steroid dienone is 5. The molecule has 0 aromatic heterocycles. The average molecular weight is 229 g/mol. The van der Waals surface area contributed by atoms with Crippen molar-refractivity contribution in [2.45, 2.75) is 20.3 Å². The summed E-state index contributed by atoms with van der Waals surface area (Å²) < 4.78 is 0. The van der Waals surface area contributed by atoms with E-state index in [0.29, 0.717) is 18.0 Å². The van der Waals surface area contributed by atoms with E-state index in [-0.39, 0.29) is 5.91 Å². The third kappa shape index (κ3) is 3.91. The van der Waals surface area contributed by atoms with Crippen LogP contribution in [0.3, 0.4) is 0 Å². The molecule has 0 bridgehead atoms. The highest BCUT2D eigenvalue weighted by atomic mass is 16.2. The van der Waals surface area contributed by atoms with E-state index in [1.165, 1.54) is 0 Å². The molecule has 0 aromatic carbocycles. The van der Waals surface area contributed by atoms with E-state index in [9.17, 15) is 4.79 Å². The van der Waals surface area contributed by atoms with Crippen molar-refractivity contribution in [2.24, 2.45) is 5.92 Å². The summed E-state index contributed by atoms with van der Waals surface area (Å²) in [7, 11) is 0. The number of amides is 1. The molecule has 0 N–H and O–H groups in total. The average Bonchev–Trinajstić information content (AvgIpc) is 2.24. The smallest absolute Gasteiger partial charge is 0.254 e. The molecule has 0 fully saturated rings. The molecular weight excluding hydrogens is 210 g/mol. The van der Waals surface area contributed by atoms with Crippen molar-refractivity contribution in [2.75, 3.05) is 0 Å². The molecule has 0 spiro atoms. The molecule has 1 aliphatic rings. The number of carbonyl (C=O) groups excluding carboxylic acids is 1. The van der Waals surface area contributed by atoms with Gasteiger partial charge in [0.1, 0.15) is 0 Å². The highest BCUT2D eigenvalue weighted by Gasteiger charge is 2.18. The highest BCUT2D eigenvalue weighted by Crippen LogP contribution is 2.19. The normalized spacial score (nSPS) is 16.8. The minimum atomic E-state index is -0.0799. The lowest BCUT2D eigenvalue weighted by atomic mass is 10.1. The van der Waals surface area contributed by atoms with Gasteiger partial charge in [-0.15, -0.1) is 0 Å². The maximum Gasteiger partial charge on any atom is 0.254 e. The van der Waals surface area contributed by atoms with E-state index in [2.05, 4.69) is 33.1 Å². The standard InChI is InChI=1S/C15H19NO/c1-12(2)8-5-6-9-13(3)16-14(4)10-7-11-15(16)17/h5-9,11-12H,3-4,10H2,1-2H3/b8-5+,9-6-. The third-order valence-corrected chi connectivity index (χ3v) is 2.33. The Morgan fingerprint density at radius 2 is 2.18 bits per heavy atom. The summed E-state index contributed by atoms with van der Waals surface area (Å²) in [5.74, 6) is 0.436. The van der Waals surface area contributed by atoms with Crippen LogP contribution in [-0.4, -0.2) is 10.8 Å². The Morgan fingerprint density at radius 1 is 1.47 bits per heavy atom. The lowest BCUT2D eigenvalue weighted by Gasteiger charge is -2.25. The first-order valence-corrected chi connectivity index (χ1v) is 5.74. The molecule has 0 aliphatic carbocycles. The molecule has 0 aromatic rings. The van der Waals surface area contributed by atoms with Gasteiger partial charge in [0.2, 0.25) is 0 Å². The first-order valence-electron chi connectivity index (χ1n) is 5.74. The van der Waals surface area contributed by atoms with Gasteiger partial charge in [0.15, 0.2) is 0 Å². The van der Waals surface area contributed by atoms with Gasteiger partial charge in [-0.2, -0.15) is 0 Å². The monoisotopic (exact) mass is 229 g/mol. The van der Waals surface area contributed by atoms with Crippen LogP contribution in [0, 0.1) is 5.92 Å². The summed E-state index contributed by atoms with van der Waals surface area (Å²) in [6.45, 7) is 12.0. The van der Waals surface area contributed by atoms with Gasteiger partial charge in [0.05, 0.1) is 0 Å². The predicted molar refractivity (Wildman–Crippen MR) is 72.0 cm³/mol. The molecule has 0 saturated heterocycles. The van der Waals surface area contributed by atoms with Gasteiger partial charge >= 0.3 is 0 Å². The van der Waals surface area contributed by atoms with Crippen LogP contribution in [0.5, 0.6) is 0 Å². The Bertz CT molecular complexity index is 411. The zero-order valence-corrected chi connectivity index (χ0v) is 10.5. The Labute approximate surface area is 103 Å². The summed E-state index contributed by atoms with van der Waals surface area (Å²) >= 11 is 0. The maximum atomic E-state index is 11.7. The molecule has 0 unspecified atom stereocenters. The van der Waals surface area contributed by atoms with Crippen molar-refractivity contribution < 1.29 is 4.79 Å². The van der Waals surface area contributed by atoms with Gasteiger partial charge in [-0.25, -0.2) is 0 Å². The van der Waals surface area contributed by atoms with E-state index in [1.807, 2.05) is 24.3 Å². The summed E-state index contributed by atoms with van der Waals surface area (Å²) in [4.78, 5) is 13.2. The van der Waals surface area contributed by atoms with Gasteiger partial charge in [0, 0.05) is 23.9 Å². The van der Waals surface area contributed by atoms with Gasteiger partial charge in [0.25, 0.3) is 5.91 Å². The quantitative estimate of drug-likeness (QED) is 0.675. The van der Waals surface area contributed by atoms with Crippen molar-refractivity contribution in [1.29, 1.82) is 0 Å². The number of rotatable bonds is 4. The molecule has 0 saturated carbocycles. The number of hydrogen-bond acceptors (Lipinski definition) is 1. The fraction of sp³-hybridized carbons (Fsp3) is 0.267. The first-order chi connectivity index (χ1) is 8.02. The van der Waals surface area contributed by atoms with E-state index < -0.39 is 0 Å². The molecule has 1 heterocycles. The van der Waals surface area contributed by atoms with Gasteiger partial charge in [-0.3, -0.25) is 9.69 Å².